The van der Waals surface area contributed by atoms with Crippen LogP contribution >= 0.6 is 11.6 Å². The van der Waals surface area contributed by atoms with E-state index in [2.05, 4.69) is 5.32 Å². The maximum Gasteiger partial charge on any atom is 0.337 e. The van der Waals surface area contributed by atoms with Crippen molar-refractivity contribution in [3.8, 4) is 0 Å². The molecule has 1 rings (SSSR count). The van der Waals surface area contributed by atoms with E-state index in [1.54, 1.807) is 6.07 Å². The Morgan fingerprint density at radius 3 is 2.71 bits per heavy atom. The zero-order valence-corrected chi connectivity index (χ0v) is 10.0. The lowest BCUT2D eigenvalue weighted by Crippen LogP contribution is -2.37. The normalized spacial score (nSPS) is 14.1. The van der Waals surface area contributed by atoms with Crippen LogP contribution in [0.15, 0.2) is 18.2 Å². The highest BCUT2D eigenvalue weighted by molar-refractivity contribution is 6.31. The molecule has 0 bridgehead atoms. The number of aliphatic hydroxyl groups excluding tert-OH is 1. The van der Waals surface area contributed by atoms with E-state index in [0.29, 0.717) is 10.7 Å². The summed E-state index contributed by atoms with van der Waals surface area (Å²) in [6.45, 7) is 1.05. The van der Waals surface area contributed by atoms with Gasteiger partial charge in [-0.15, -0.1) is 0 Å². The molecule has 0 heterocycles. The van der Waals surface area contributed by atoms with Crippen LogP contribution < -0.4 is 5.32 Å². The molecule has 0 saturated carbocycles. The number of carboxylic acids is 1. The number of nitrogens with one attached hydrogen (secondary N) is 1. The molecule has 0 radical (unpaired) electrons. The average Bonchev–Trinajstić information content (AvgIpc) is 2.27. The topological polar surface area (TPSA) is 89.8 Å². The van der Waals surface area contributed by atoms with Crippen molar-refractivity contribution in [3.05, 3.63) is 28.8 Å². The number of benzene rings is 1. The van der Waals surface area contributed by atoms with Crippen molar-refractivity contribution in [2.75, 3.05) is 18.5 Å². The van der Waals surface area contributed by atoms with Crippen molar-refractivity contribution in [1.29, 1.82) is 0 Å². The molecule has 5 nitrogen and oxygen atoms in total. The molecule has 1 aromatic rings. The van der Waals surface area contributed by atoms with E-state index in [1.165, 1.54) is 19.1 Å². The first-order valence-electron chi connectivity index (χ1n) is 4.96. The van der Waals surface area contributed by atoms with Crippen LogP contribution in [0, 0.1) is 0 Å². The lowest BCUT2D eigenvalue weighted by Gasteiger charge is -2.22. The van der Waals surface area contributed by atoms with Crippen LogP contribution in [0.4, 0.5) is 5.69 Å². The third kappa shape index (κ3) is 3.89. The summed E-state index contributed by atoms with van der Waals surface area (Å²) in [4.78, 5) is 11.0. The number of hydrogen-bond donors (Lipinski definition) is 4. The van der Waals surface area contributed by atoms with Crippen molar-refractivity contribution >= 4 is 23.3 Å². The van der Waals surface area contributed by atoms with Gasteiger partial charge in [0.2, 0.25) is 0 Å². The highest BCUT2D eigenvalue weighted by Crippen LogP contribution is 2.21. The van der Waals surface area contributed by atoms with Gasteiger partial charge in [0.25, 0.3) is 0 Å². The fourth-order valence-electron chi connectivity index (χ4n) is 1.19. The monoisotopic (exact) mass is 259 g/mol. The molecular formula is C11H14ClNO4. The second-order valence-electron chi connectivity index (χ2n) is 4.00. The minimum atomic E-state index is -1.31. The van der Waals surface area contributed by atoms with E-state index in [1.807, 2.05) is 0 Å². The second-order valence-corrected chi connectivity index (χ2v) is 4.44. The molecule has 0 fully saturated rings. The number of halogens is 1. The summed E-state index contributed by atoms with van der Waals surface area (Å²) in [7, 11) is 0. The van der Waals surface area contributed by atoms with Gasteiger partial charge in [0.05, 0.1) is 12.2 Å². The fraction of sp³-hybridized carbons (Fsp3) is 0.364. The van der Waals surface area contributed by atoms with Crippen LogP contribution in [0.1, 0.15) is 17.3 Å². The molecular weight excluding hydrogens is 246 g/mol. The molecule has 6 heteroatoms. The van der Waals surface area contributed by atoms with Gasteiger partial charge in [0.1, 0.15) is 5.60 Å². The number of carbonyl (C=O) groups is 1. The lowest BCUT2D eigenvalue weighted by atomic mass is 10.1. The Morgan fingerprint density at radius 2 is 2.18 bits per heavy atom. The highest BCUT2D eigenvalue weighted by Gasteiger charge is 2.20. The third-order valence-corrected chi connectivity index (χ3v) is 2.45. The van der Waals surface area contributed by atoms with Crippen molar-refractivity contribution in [2.45, 2.75) is 12.5 Å². The Balaban J connectivity index is 2.88. The van der Waals surface area contributed by atoms with Gasteiger partial charge in [-0.05, 0) is 25.1 Å². The molecule has 17 heavy (non-hydrogen) atoms. The van der Waals surface area contributed by atoms with Crippen LogP contribution in [-0.2, 0) is 0 Å². The quantitative estimate of drug-likeness (QED) is 0.638. The van der Waals surface area contributed by atoms with Crippen LogP contribution in [-0.4, -0.2) is 40.0 Å². The van der Waals surface area contributed by atoms with E-state index in [0.717, 1.165) is 0 Å². The maximum absolute atomic E-state index is 11.0. The first kappa shape index (κ1) is 13.8. The SMILES string of the molecule is CC(O)(CO)CNc1ccc(Cl)cc1C(=O)O. The fourth-order valence-corrected chi connectivity index (χ4v) is 1.36. The van der Waals surface area contributed by atoms with E-state index in [4.69, 9.17) is 21.8 Å². The molecule has 1 unspecified atom stereocenters. The number of carboxylic acid groups (broad SMARTS) is 1. The Labute approximate surface area is 104 Å². The third-order valence-electron chi connectivity index (χ3n) is 2.21. The lowest BCUT2D eigenvalue weighted by molar-refractivity contribution is 0.0132. The molecule has 94 valence electrons. The number of hydrogen-bond acceptors (Lipinski definition) is 4. The predicted octanol–water partition coefficient (Wildman–Crippen LogP) is 1.19. The molecule has 0 aliphatic carbocycles. The van der Waals surface area contributed by atoms with Crippen molar-refractivity contribution in [1.82, 2.24) is 0 Å². The van der Waals surface area contributed by atoms with Crippen molar-refractivity contribution in [3.63, 3.8) is 0 Å². The Bertz CT molecular complexity index is 420. The molecule has 0 saturated heterocycles. The maximum atomic E-state index is 11.0. The van der Waals surface area contributed by atoms with E-state index >= 15 is 0 Å². The van der Waals surface area contributed by atoms with Crippen molar-refractivity contribution in [2.24, 2.45) is 0 Å². The van der Waals surface area contributed by atoms with Gasteiger partial charge in [-0.25, -0.2) is 4.79 Å². The molecule has 1 atom stereocenters. The van der Waals surface area contributed by atoms with E-state index in [9.17, 15) is 9.90 Å². The van der Waals surface area contributed by atoms with Gasteiger partial charge < -0.3 is 20.6 Å². The summed E-state index contributed by atoms with van der Waals surface area (Å²) in [6.07, 6.45) is 0. The zero-order valence-electron chi connectivity index (χ0n) is 9.27. The smallest absolute Gasteiger partial charge is 0.337 e. The Kier molecular flexibility index (Phi) is 4.34. The van der Waals surface area contributed by atoms with E-state index in [-0.39, 0.29) is 12.1 Å². The number of aromatic carboxylic acids is 1. The van der Waals surface area contributed by atoms with Crippen LogP contribution in [0.3, 0.4) is 0 Å². The molecule has 4 N–H and O–H groups in total. The van der Waals surface area contributed by atoms with Crippen LogP contribution in [0.5, 0.6) is 0 Å². The summed E-state index contributed by atoms with van der Waals surface area (Å²) >= 11 is 5.70. The standard InChI is InChI=1S/C11H14ClNO4/c1-11(17,6-14)5-13-9-3-2-7(12)4-8(9)10(15)16/h2-4,13-14,17H,5-6H2,1H3,(H,15,16). The second kappa shape index (κ2) is 5.35. The van der Waals surface area contributed by atoms with E-state index < -0.39 is 18.2 Å². The largest absolute Gasteiger partial charge is 0.478 e. The van der Waals surface area contributed by atoms with Crippen LogP contribution in [0.2, 0.25) is 5.02 Å². The summed E-state index contributed by atoms with van der Waals surface area (Å²) < 4.78 is 0. The number of aliphatic hydroxyl groups is 2. The zero-order chi connectivity index (χ0) is 13.1. The average molecular weight is 260 g/mol. The van der Waals surface area contributed by atoms with Crippen molar-refractivity contribution < 1.29 is 20.1 Å². The Hall–Kier alpha value is -1.30. The van der Waals surface area contributed by atoms with Gasteiger partial charge >= 0.3 is 5.97 Å². The summed E-state index contributed by atoms with van der Waals surface area (Å²) in [5.74, 6) is -1.11. The molecule has 0 aromatic heterocycles. The minimum Gasteiger partial charge on any atom is -0.478 e. The van der Waals surface area contributed by atoms with Gasteiger partial charge in [0.15, 0.2) is 0 Å². The summed E-state index contributed by atoms with van der Waals surface area (Å²) in [5, 5.41) is 30.5. The molecule has 1 aromatic carbocycles. The Morgan fingerprint density at radius 1 is 1.53 bits per heavy atom. The van der Waals surface area contributed by atoms with Gasteiger partial charge in [-0.1, -0.05) is 11.6 Å². The highest BCUT2D eigenvalue weighted by atomic mass is 35.5. The first-order valence-corrected chi connectivity index (χ1v) is 5.33. The molecule has 0 amide bonds. The van der Waals surface area contributed by atoms with Crippen LogP contribution in [0.25, 0.3) is 0 Å². The first-order chi connectivity index (χ1) is 7.85. The predicted molar refractivity (Wildman–Crippen MR) is 64.6 cm³/mol. The number of anilines is 1. The summed E-state index contributed by atoms with van der Waals surface area (Å²) in [5.41, 5.74) is -0.947. The van der Waals surface area contributed by atoms with Gasteiger partial charge in [0, 0.05) is 17.3 Å². The molecule has 0 aliphatic heterocycles. The van der Waals surface area contributed by atoms with Gasteiger partial charge in [-0.2, -0.15) is 0 Å². The summed E-state index contributed by atoms with van der Waals surface area (Å²) in [6, 6.07) is 4.38. The van der Waals surface area contributed by atoms with Gasteiger partial charge in [-0.3, -0.25) is 0 Å². The minimum absolute atomic E-state index is 0.0197. The molecule has 0 spiro atoms. The molecule has 0 aliphatic rings. The number of rotatable bonds is 5.